The summed E-state index contributed by atoms with van der Waals surface area (Å²) in [5.74, 6) is 1.80. The van der Waals surface area contributed by atoms with Gasteiger partial charge in [0.05, 0.1) is 11.4 Å². The number of anilines is 1. The molecule has 0 aliphatic carbocycles. The van der Waals surface area contributed by atoms with Crippen LogP contribution in [-0.4, -0.2) is 39.0 Å². The number of nitrogens with two attached hydrogens (primary N) is 1. The van der Waals surface area contributed by atoms with Crippen LogP contribution in [-0.2, 0) is 0 Å². The molecule has 2 aromatic carbocycles. The number of nitrogens with one attached hydrogen (secondary N) is 1. The quantitative estimate of drug-likeness (QED) is 0.538. The number of hydrogen-bond acceptors (Lipinski definition) is 6. The molecule has 7 nitrogen and oxygen atoms in total. The maximum absolute atomic E-state index is 14.6. The first-order valence-corrected chi connectivity index (χ1v) is 9.87. The molecule has 3 heterocycles. The fourth-order valence-corrected chi connectivity index (χ4v) is 3.82. The molecule has 1 saturated heterocycles. The van der Waals surface area contributed by atoms with Crippen LogP contribution in [0.15, 0.2) is 60.9 Å². The number of benzene rings is 2. The normalized spacial score (nSPS) is 19.1. The Morgan fingerprint density at radius 2 is 1.80 bits per heavy atom. The van der Waals surface area contributed by atoms with E-state index in [1.807, 2.05) is 54.6 Å². The Morgan fingerprint density at radius 3 is 2.57 bits per heavy atom. The smallest absolute Gasteiger partial charge is 0.164 e. The van der Waals surface area contributed by atoms with Gasteiger partial charge in [0, 0.05) is 12.1 Å². The minimum absolute atomic E-state index is 0.299. The van der Waals surface area contributed by atoms with Crippen LogP contribution < -0.4 is 15.8 Å². The van der Waals surface area contributed by atoms with E-state index in [0.717, 1.165) is 17.9 Å². The zero-order chi connectivity index (χ0) is 20.5. The van der Waals surface area contributed by atoms with Crippen LogP contribution in [0.4, 0.5) is 10.2 Å². The first-order chi connectivity index (χ1) is 14.7. The summed E-state index contributed by atoms with van der Waals surface area (Å²) in [6.45, 7) is 1.03. The van der Waals surface area contributed by atoms with Gasteiger partial charge in [0.25, 0.3) is 0 Å². The third-order valence-electron chi connectivity index (χ3n) is 5.31. The van der Waals surface area contributed by atoms with Gasteiger partial charge < -0.3 is 15.8 Å². The van der Waals surface area contributed by atoms with Crippen molar-refractivity contribution in [1.29, 1.82) is 0 Å². The lowest BCUT2D eigenvalue weighted by Crippen LogP contribution is -2.39. The summed E-state index contributed by atoms with van der Waals surface area (Å²) in [5.41, 5.74) is 8.20. The monoisotopic (exact) mass is 404 g/mol. The van der Waals surface area contributed by atoms with Gasteiger partial charge in [0.15, 0.2) is 5.65 Å². The zero-order valence-electron chi connectivity index (χ0n) is 16.2. The van der Waals surface area contributed by atoms with Crippen molar-refractivity contribution in [3.63, 3.8) is 0 Å². The zero-order valence-corrected chi connectivity index (χ0v) is 16.2. The van der Waals surface area contributed by atoms with Gasteiger partial charge in [-0.15, -0.1) is 0 Å². The van der Waals surface area contributed by atoms with Crippen molar-refractivity contribution in [3.8, 4) is 22.8 Å². The number of nitrogens with zero attached hydrogens (tertiary/aromatic N) is 4. The highest BCUT2D eigenvalue weighted by atomic mass is 19.1. The molecular formula is C22H21FN6O. The summed E-state index contributed by atoms with van der Waals surface area (Å²) < 4.78 is 22.2. The molecule has 1 fully saturated rings. The number of rotatable bonds is 4. The molecule has 0 radical (unpaired) electrons. The lowest BCUT2D eigenvalue weighted by molar-refractivity contribution is 0.176. The Balaban J connectivity index is 1.54. The van der Waals surface area contributed by atoms with Gasteiger partial charge in [0.1, 0.15) is 35.5 Å². The van der Waals surface area contributed by atoms with Gasteiger partial charge in [0.2, 0.25) is 0 Å². The second-order valence-electron chi connectivity index (χ2n) is 7.27. The number of ether oxygens (including phenoxy) is 1. The molecule has 1 aliphatic rings. The molecule has 152 valence electrons. The number of fused-ring (bicyclic) bond motifs is 1. The maximum atomic E-state index is 14.6. The van der Waals surface area contributed by atoms with Crippen LogP contribution in [0.25, 0.3) is 22.3 Å². The predicted molar refractivity (Wildman–Crippen MR) is 113 cm³/mol. The summed E-state index contributed by atoms with van der Waals surface area (Å²) >= 11 is 0. The lowest BCUT2D eigenvalue weighted by atomic mass is 10.1. The first-order valence-electron chi connectivity index (χ1n) is 9.87. The van der Waals surface area contributed by atoms with E-state index < -0.39 is 12.2 Å². The first kappa shape index (κ1) is 18.5. The van der Waals surface area contributed by atoms with Gasteiger partial charge in [-0.25, -0.2) is 19.0 Å². The molecule has 30 heavy (non-hydrogen) atoms. The molecule has 5 rings (SSSR count). The second-order valence-corrected chi connectivity index (χ2v) is 7.27. The molecule has 3 N–H and O–H groups in total. The van der Waals surface area contributed by atoms with Crippen LogP contribution in [0.3, 0.4) is 0 Å². The number of nitrogen functional groups attached to an aromatic ring is 1. The van der Waals surface area contributed by atoms with Gasteiger partial charge in [-0.3, -0.25) is 0 Å². The van der Waals surface area contributed by atoms with Crippen LogP contribution in [0.2, 0.25) is 0 Å². The van der Waals surface area contributed by atoms with Gasteiger partial charge in [-0.1, -0.05) is 18.2 Å². The molecule has 0 unspecified atom stereocenters. The second kappa shape index (κ2) is 7.72. The minimum Gasteiger partial charge on any atom is -0.457 e. The van der Waals surface area contributed by atoms with E-state index in [-0.39, 0.29) is 0 Å². The van der Waals surface area contributed by atoms with Crippen LogP contribution in [0.5, 0.6) is 11.5 Å². The molecule has 4 aromatic rings. The average Bonchev–Trinajstić information content (AvgIpc) is 3.16. The lowest BCUT2D eigenvalue weighted by Gasteiger charge is -2.27. The van der Waals surface area contributed by atoms with Crippen molar-refractivity contribution in [2.45, 2.75) is 18.6 Å². The Bertz CT molecular complexity index is 1160. The van der Waals surface area contributed by atoms with Gasteiger partial charge in [-0.05, 0) is 49.4 Å². The van der Waals surface area contributed by atoms with Gasteiger partial charge in [-0.2, -0.15) is 5.10 Å². The van der Waals surface area contributed by atoms with E-state index in [2.05, 4.69) is 15.3 Å². The predicted octanol–water partition coefficient (Wildman–Crippen LogP) is 3.74. The number of halogens is 1. The topological polar surface area (TPSA) is 90.9 Å². The van der Waals surface area contributed by atoms with Crippen molar-refractivity contribution in [2.24, 2.45) is 0 Å². The van der Waals surface area contributed by atoms with Crippen molar-refractivity contribution in [3.05, 3.63) is 60.9 Å². The van der Waals surface area contributed by atoms with E-state index in [0.29, 0.717) is 41.3 Å². The fourth-order valence-electron chi connectivity index (χ4n) is 3.82. The molecule has 0 spiro atoms. The fraction of sp³-hybridized carbons (Fsp3) is 0.227. The summed E-state index contributed by atoms with van der Waals surface area (Å²) in [6.07, 6.45) is 0.975. The number of alkyl halides is 1. The average molecular weight is 404 g/mol. The summed E-state index contributed by atoms with van der Waals surface area (Å²) in [5, 5.41) is 8.44. The van der Waals surface area contributed by atoms with Crippen molar-refractivity contribution < 1.29 is 9.13 Å². The highest BCUT2D eigenvalue weighted by molar-refractivity contribution is 5.98. The number of aromatic nitrogens is 4. The van der Waals surface area contributed by atoms with Crippen LogP contribution >= 0.6 is 0 Å². The molecule has 0 amide bonds. The van der Waals surface area contributed by atoms with Crippen molar-refractivity contribution in [2.75, 3.05) is 18.8 Å². The molecule has 0 saturated carbocycles. The number of para-hydroxylation sites is 1. The Morgan fingerprint density at radius 1 is 1.03 bits per heavy atom. The van der Waals surface area contributed by atoms with E-state index in [4.69, 9.17) is 15.6 Å². The number of piperidine rings is 1. The highest BCUT2D eigenvalue weighted by Gasteiger charge is 2.30. The molecular weight excluding hydrogens is 383 g/mol. The molecule has 2 aromatic heterocycles. The van der Waals surface area contributed by atoms with E-state index in [1.54, 1.807) is 4.68 Å². The molecule has 2 atom stereocenters. The number of hydrogen-bond donors (Lipinski definition) is 2. The Labute approximate surface area is 172 Å². The summed E-state index contributed by atoms with van der Waals surface area (Å²) in [6, 6.07) is 16.7. The van der Waals surface area contributed by atoms with Crippen LogP contribution in [0.1, 0.15) is 12.5 Å². The highest BCUT2D eigenvalue weighted by Crippen LogP contribution is 2.35. The van der Waals surface area contributed by atoms with Crippen molar-refractivity contribution >= 4 is 16.9 Å². The minimum atomic E-state index is -1.05. The SMILES string of the molecule is Nc1ncnc2c1c(-c1ccc(Oc3ccccc3)cc1)nn2[C@H]1CCNC[C@H]1F. The van der Waals surface area contributed by atoms with E-state index in [9.17, 15) is 4.39 Å². The molecule has 8 heteroatoms. The molecule has 1 aliphatic heterocycles. The standard InChI is InChI=1S/C22H21FN6O/c23-17-12-25-11-10-18(17)29-22-19(21(24)26-13-27-22)20(28-29)14-6-8-16(9-7-14)30-15-4-2-1-3-5-15/h1-9,13,17-18,25H,10-12H2,(H2,24,26,27)/t17-,18+/m1/s1. The summed E-state index contributed by atoms with van der Waals surface area (Å²) in [7, 11) is 0. The Hall–Kier alpha value is -3.52. The molecule has 0 bridgehead atoms. The summed E-state index contributed by atoms with van der Waals surface area (Å²) in [4.78, 5) is 8.50. The van der Waals surface area contributed by atoms with E-state index in [1.165, 1.54) is 6.33 Å². The largest absolute Gasteiger partial charge is 0.457 e. The third kappa shape index (κ3) is 3.35. The van der Waals surface area contributed by atoms with Crippen LogP contribution in [0, 0.1) is 0 Å². The Kier molecular flexibility index (Phi) is 4.76. The van der Waals surface area contributed by atoms with Crippen molar-refractivity contribution in [1.82, 2.24) is 25.1 Å². The maximum Gasteiger partial charge on any atom is 0.164 e. The van der Waals surface area contributed by atoms with E-state index >= 15 is 0 Å². The third-order valence-corrected chi connectivity index (χ3v) is 5.31. The van der Waals surface area contributed by atoms with Gasteiger partial charge >= 0.3 is 0 Å².